The Morgan fingerprint density at radius 1 is 1.23 bits per heavy atom. The zero-order chi connectivity index (χ0) is 24.6. The van der Waals surface area contributed by atoms with Crippen LogP contribution in [0.5, 0.6) is 5.75 Å². The molecule has 0 aliphatic heterocycles. The minimum atomic E-state index is -0.888. The summed E-state index contributed by atoms with van der Waals surface area (Å²) >= 11 is 1.15. The Labute approximate surface area is 207 Å². The third-order valence-corrected chi connectivity index (χ3v) is 7.99. The average Bonchev–Trinajstić information content (AvgIpc) is 3.57. The van der Waals surface area contributed by atoms with Gasteiger partial charge in [-0.15, -0.1) is 20.4 Å². The maximum Gasteiger partial charge on any atom is 0.218 e. The Bertz CT molecular complexity index is 1240. The molecule has 0 amide bonds. The van der Waals surface area contributed by atoms with Gasteiger partial charge >= 0.3 is 0 Å². The predicted molar refractivity (Wildman–Crippen MR) is 132 cm³/mol. The molecule has 0 spiro atoms. The van der Waals surface area contributed by atoms with Crippen LogP contribution in [0.3, 0.4) is 0 Å². The molecule has 0 bridgehead atoms. The molecule has 182 valence electrons. The maximum atomic E-state index is 15.2. The Morgan fingerprint density at radius 3 is 2.69 bits per heavy atom. The van der Waals surface area contributed by atoms with E-state index in [9.17, 15) is 5.11 Å². The molecule has 2 heterocycles. The number of nitriles is 1. The number of phenols is 1. The number of phenolic OH excluding ortho intramolecular Hbond substituents is 1. The lowest BCUT2D eigenvalue weighted by Gasteiger charge is -2.45. The van der Waals surface area contributed by atoms with Gasteiger partial charge in [-0.05, 0) is 56.1 Å². The van der Waals surface area contributed by atoms with Gasteiger partial charge in [-0.3, -0.25) is 0 Å². The molecule has 8 nitrogen and oxygen atoms in total. The van der Waals surface area contributed by atoms with Gasteiger partial charge in [-0.2, -0.15) is 5.26 Å². The van der Waals surface area contributed by atoms with Gasteiger partial charge in [-0.1, -0.05) is 37.7 Å². The van der Waals surface area contributed by atoms with Gasteiger partial charge in [-0.25, -0.2) is 9.37 Å². The van der Waals surface area contributed by atoms with Crippen LogP contribution in [0.2, 0.25) is 0 Å². The van der Waals surface area contributed by atoms with Crippen LogP contribution < -0.4 is 4.90 Å². The number of rotatable bonds is 7. The summed E-state index contributed by atoms with van der Waals surface area (Å²) < 4.78 is 15.2. The summed E-state index contributed by atoms with van der Waals surface area (Å²) in [5.41, 5.74) is 1.23. The van der Waals surface area contributed by atoms with Crippen LogP contribution in [-0.4, -0.2) is 48.7 Å². The minimum absolute atomic E-state index is 0.0174. The number of hydrogen-bond acceptors (Lipinski definition) is 9. The van der Waals surface area contributed by atoms with Crippen LogP contribution >= 0.6 is 11.3 Å². The molecule has 2 aromatic heterocycles. The van der Waals surface area contributed by atoms with Gasteiger partial charge in [0.25, 0.3) is 0 Å². The lowest BCUT2D eigenvalue weighted by atomic mass is 9.70. The first kappa shape index (κ1) is 23.5. The quantitative estimate of drug-likeness (QED) is 0.472. The molecule has 10 heteroatoms. The van der Waals surface area contributed by atoms with Crippen molar-refractivity contribution in [3.8, 4) is 33.8 Å². The van der Waals surface area contributed by atoms with E-state index in [1.165, 1.54) is 0 Å². The van der Waals surface area contributed by atoms with E-state index in [1.807, 2.05) is 6.07 Å². The number of aromatic nitrogens is 5. The Morgan fingerprint density at radius 2 is 2.06 bits per heavy atom. The highest BCUT2D eigenvalue weighted by atomic mass is 32.1. The van der Waals surface area contributed by atoms with Gasteiger partial charge in [0.2, 0.25) is 5.01 Å². The molecule has 2 fully saturated rings. The summed E-state index contributed by atoms with van der Waals surface area (Å²) in [4.78, 5) is 6.60. The van der Waals surface area contributed by atoms with Crippen molar-refractivity contribution in [3.05, 3.63) is 29.4 Å². The topological polar surface area (TPSA) is 112 Å². The smallest absolute Gasteiger partial charge is 0.218 e. The van der Waals surface area contributed by atoms with Gasteiger partial charge in [0.1, 0.15) is 23.0 Å². The van der Waals surface area contributed by atoms with Crippen molar-refractivity contribution in [2.75, 3.05) is 4.90 Å². The van der Waals surface area contributed by atoms with E-state index in [0.717, 1.165) is 49.9 Å². The second kappa shape index (κ2) is 9.46. The van der Waals surface area contributed by atoms with E-state index in [4.69, 9.17) is 5.26 Å². The summed E-state index contributed by atoms with van der Waals surface area (Å²) in [6.07, 6.45) is 7.32. The van der Waals surface area contributed by atoms with Crippen molar-refractivity contribution >= 4 is 17.2 Å². The molecule has 35 heavy (non-hydrogen) atoms. The molecule has 1 aromatic carbocycles. The van der Waals surface area contributed by atoms with Gasteiger partial charge in [0, 0.05) is 11.6 Å². The Kier molecular flexibility index (Phi) is 6.36. The first-order valence-electron chi connectivity index (χ1n) is 12.1. The van der Waals surface area contributed by atoms with E-state index in [1.54, 1.807) is 24.4 Å². The zero-order valence-corrected chi connectivity index (χ0v) is 20.7. The Hall–Kier alpha value is -3.19. The van der Waals surface area contributed by atoms with E-state index in [0.29, 0.717) is 34.2 Å². The van der Waals surface area contributed by atoms with Crippen LogP contribution in [0, 0.1) is 16.7 Å². The molecule has 2 aliphatic rings. The highest BCUT2D eigenvalue weighted by Gasteiger charge is 2.45. The lowest BCUT2D eigenvalue weighted by Crippen LogP contribution is -2.50. The number of nitrogens with zero attached hydrogens (tertiary/aromatic N) is 7. The molecule has 3 aromatic rings. The SMILES string of the molecule is CCC[C@]1(C)CC[C@H](F)[C@H](N(c2cnc(-c3ccc(-c4nnc(C#N)s4)cc3O)nn2)C2CC2)C1. The van der Waals surface area contributed by atoms with Gasteiger partial charge in [0.05, 0.1) is 17.8 Å². The van der Waals surface area contributed by atoms with Crippen LogP contribution in [0.15, 0.2) is 24.4 Å². The normalized spacial score (nSPS) is 24.2. The summed E-state index contributed by atoms with van der Waals surface area (Å²) in [7, 11) is 0. The molecular formula is C25H28FN7OS. The van der Waals surface area contributed by atoms with E-state index in [-0.39, 0.29) is 28.3 Å². The minimum Gasteiger partial charge on any atom is -0.507 e. The largest absolute Gasteiger partial charge is 0.507 e. The maximum absolute atomic E-state index is 15.2. The first-order chi connectivity index (χ1) is 16.9. The zero-order valence-electron chi connectivity index (χ0n) is 19.9. The van der Waals surface area contributed by atoms with Gasteiger partial charge < -0.3 is 10.0 Å². The van der Waals surface area contributed by atoms with Crippen LogP contribution in [0.1, 0.15) is 63.8 Å². The van der Waals surface area contributed by atoms with Crippen molar-refractivity contribution in [1.82, 2.24) is 25.4 Å². The van der Waals surface area contributed by atoms with Crippen LogP contribution in [-0.2, 0) is 0 Å². The highest BCUT2D eigenvalue weighted by Crippen LogP contribution is 2.46. The summed E-state index contributed by atoms with van der Waals surface area (Å²) in [5, 5.41) is 36.9. The number of anilines is 1. The van der Waals surface area contributed by atoms with Gasteiger partial charge in [0.15, 0.2) is 11.6 Å². The number of benzene rings is 1. The van der Waals surface area contributed by atoms with Crippen molar-refractivity contribution < 1.29 is 9.50 Å². The van der Waals surface area contributed by atoms with E-state index < -0.39 is 6.17 Å². The van der Waals surface area contributed by atoms with Crippen molar-refractivity contribution in [1.29, 1.82) is 5.26 Å². The first-order valence-corrected chi connectivity index (χ1v) is 12.9. The number of alkyl halides is 1. The van der Waals surface area contributed by atoms with Crippen LogP contribution in [0.4, 0.5) is 10.2 Å². The molecule has 0 radical (unpaired) electrons. The number of hydrogen-bond donors (Lipinski definition) is 1. The van der Waals surface area contributed by atoms with Crippen molar-refractivity contribution in [2.45, 2.75) is 77.0 Å². The molecular weight excluding hydrogens is 465 g/mol. The Balaban J connectivity index is 1.39. The summed E-state index contributed by atoms with van der Waals surface area (Å²) in [5.74, 6) is 0.870. The fourth-order valence-electron chi connectivity index (χ4n) is 5.25. The third-order valence-electron chi connectivity index (χ3n) is 7.11. The van der Waals surface area contributed by atoms with E-state index in [2.05, 4.69) is 44.1 Å². The second-order valence-electron chi connectivity index (χ2n) is 9.92. The molecule has 0 saturated heterocycles. The van der Waals surface area contributed by atoms with Crippen molar-refractivity contribution in [3.63, 3.8) is 0 Å². The molecule has 2 saturated carbocycles. The standard InChI is InChI=1S/C25H28FN7OS/c1-3-9-25(2)10-8-18(26)19(12-25)33(16-5-6-16)21-14-28-23(31-29-21)17-7-4-15(11-20(17)34)24-32-30-22(13-27)35-24/h4,7,11,14,16,18-19,34H,3,5-6,8-10,12H2,1-2H3/t18-,19+,25+/m0/s1. The summed E-state index contributed by atoms with van der Waals surface area (Å²) in [6, 6.07) is 7.04. The molecule has 2 aliphatic carbocycles. The molecule has 1 N–H and O–H groups in total. The fourth-order valence-corrected chi connectivity index (χ4v) is 5.88. The predicted octanol–water partition coefficient (Wildman–Crippen LogP) is 5.30. The van der Waals surface area contributed by atoms with Crippen molar-refractivity contribution in [2.24, 2.45) is 5.41 Å². The second-order valence-corrected chi connectivity index (χ2v) is 10.9. The van der Waals surface area contributed by atoms with E-state index >= 15 is 4.39 Å². The van der Waals surface area contributed by atoms with Crippen LogP contribution in [0.25, 0.3) is 22.0 Å². The fraction of sp³-hybridized carbons (Fsp3) is 0.520. The molecule has 0 unspecified atom stereocenters. The average molecular weight is 494 g/mol. The monoisotopic (exact) mass is 493 g/mol. The number of halogens is 1. The summed E-state index contributed by atoms with van der Waals surface area (Å²) in [6.45, 7) is 4.47. The molecule has 5 rings (SSSR count). The number of aromatic hydroxyl groups is 1. The third kappa shape index (κ3) is 4.82. The molecule has 3 atom stereocenters. The lowest BCUT2D eigenvalue weighted by molar-refractivity contribution is 0.0994. The highest BCUT2D eigenvalue weighted by molar-refractivity contribution is 7.15.